The Balaban J connectivity index is 1.79. The molecule has 6 heteroatoms. The topological polar surface area (TPSA) is 45.5 Å². The van der Waals surface area contributed by atoms with E-state index in [9.17, 15) is 0 Å². The molecule has 1 fully saturated rings. The van der Waals surface area contributed by atoms with Crippen LogP contribution < -0.4 is 5.32 Å². The first-order chi connectivity index (χ1) is 9.33. The van der Waals surface area contributed by atoms with E-state index in [4.69, 9.17) is 0 Å². The number of rotatable bonds is 4. The lowest BCUT2D eigenvalue weighted by molar-refractivity contribution is 0.407. The lowest BCUT2D eigenvalue weighted by Crippen LogP contribution is -2.48. The summed E-state index contributed by atoms with van der Waals surface area (Å²) in [6.07, 6.45) is 6.86. The van der Waals surface area contributed by atoms with E-state index in [1.54, 1.807) is 0 Å². The summed E-state index contributed by atoms with van der Waals surface area (Å²) < 4.78 is 2.07. The molecule has 19 heavy (non-hydrogen) atoms. The van der Waals surface area contributed by atoms with Gasteiger partial charge >= 0.3 is 0 Å². The van der Waals surface area contributed by atoms with E-state index in [-0.39, 0.29) is 0 Å². The second kappa shape index (κ2) is 7.43. The highest BCUT2D eigenvalue weighted by Crippen LogP contribution is 2.20. The zero-order chi connectivity index (χ0) is 13.5. The number of aromatic nitrogens is 2. The molecule has 1 atom stereocenters. The average Bonchev–Trinajstić information content (AvgIpc) is 2.97. The molecule has 0 bridgehead atoms. The quantitative estimate of drug-likeness (QED) is 0.667. The molecule has 0 radical (unpaired) electrons. The number of nitrogens with one attached hydrogen (secondary N) is 1. The highest BCUT2D eigenvalue weighted by molar-refractivity contribution is 8.00. The van der Waals surface area contributed by atoms with Crippen molar-refractivity contribution in [1.82, 2.24) is 19.8 Å². The second-order valence-electron chi connectivity index (χ2n) is 4.62. The number of hydrogen-bond donors (Lipinski definition) is 1. The predicted octanol–water partition coefficient (Wildman–Crippen LogP) is 1.29. The minimum atomic E-state index is 0.737. The molecule has 0 aliphatic carbocycles. The smallest absolute Gasteiger partial charge is 0.193 e. The Bertz CT molecular complexity index is 390. The van der Waals surface area contributed by atoms with Crippen molar-refractivity contribution in [1.29, 1.82) is 0 Å². The Kier molecular flexibility index (Phi) is 5.57. The van der Waals surface area contributed by atoms with Crippen molar-refractivity contribution in [3.63, 3.8) is 0 Å². The number of aliphatic imine (C=N–C) groups is 1. The molecule has 0 aromatic carbocycles. The van der Waals surface area contributed by atoms with Crippen molar-refractivity contribution in [3.05, 3.63) is 18.7 Å². The Hall–Kier alpha value is -1.17. The first-order valence-corrected chi connectivity index (χ1v) is 7.91. The van der Waals surface area contributed by atoms with Gasteiger partial charge in [-0.1, -0.05) is 6.92 Å². The van der Waals surface area contributed by atoms with Gasteiger partial charge in [0.05, 0.1) is 6.33 Å². The van der Waals surface area contributed by atoms with Crippen molar-refractivity contribution >= 4 is 17.7 Å². The van der Waals surface area contributed by atoms with Gasteiger partial charge < -0.3 is 14.8 Å². The molecule has 0 amide bonds. The second-order valence-corrected chi connectivity index (χ2v) is 6.03. The van der Waals surface area contributed by atoms with Gasteiger partial charge in [0.1, 0.15) is 0 Å². The zero-order valence-electron chi connectivity index (χ0n) is 11.7. The molecule has 1 aliphatic rings. The number of imidazole rings is 1. The molecule has 1 N–H and O–H groups in total. The molecule has 1 unspecified atom stereocenters. The Labute approximate surface area is 119 Å². The van der Waals surface area contributed by atoms with Crippen LogP contribution in [0, 0.1) is 0 Å². The van der Waals surface area contributed by atoms with Gasteiger partial charge in [-0.05, 0) is 6.42 Å². The summed E-state index contributed by atoms with van der Waals surface area (Å²) in [5.41, 5.74) is 0. The molecule has 1 saturated heterocycles. The van der Waals surface area contributed by atoms with Crippen LogP contribution >= 0.6 is 11.8 Å². The summed E-state index contributed by atoms with van der Waals surface area (Å²) >= 11 is 2.08. The summed E-state index contributed by atoms with van der Waals surface area (Å²) in [5, 5.41) is 4.18. The molecular formula is C13H23N5S. The lowest BCUT2D eigenvalue weighted by Gasteiger charge is -2.34. The third kappa shape index (κ3) is 4.16. The predicted molar refractivity (Wildman–Crippen MR) is 81.7 cm³/mol. The van der Waals surface area contributed by atoms with E-state index in [2.05, 4.69) is 43.4 Å². The molecule has 106 valence electrons. The van der Waals surface area contributed by atoms with Crippen LogP contribution in [0.3, 0.4) is 0 Å². The van der Waals surface area contributed by atoms with Crippen LogP contribution in [-0.2, 0) is 6.54 Å². The van der Waals surface area contributed by atoms with Crippen LogP contribution in [0.2, 0.25) is 0 Å². The largest absolute Gasteiger partial charge is 0.354 e. The zero-order valence-corrected chi connectivity index (χ0v) is 12.6. The van der Waals surface area contributed by atoms with Crippen LogP contribution in [0.15, 0.2) is 23.7 Å². The van der Waals surface area contributed by atoms with E-state index in [1.807, 2.05) is 25.8 Å². The molecule has 2 rings (SSSR count). The molecule has 2 heterocycles. The first kappa shape index (κ1) is 14.2. The van der Waals surface area contributed by atoms with Gasteiger partial charge in [0, 0.05) is 56.6 Å². The third-order valence-electron chi connectivity index (χ3n) is 3.32. The Morgan fingerprint density at radius 2 is 2.47 bits per heavy atom. The number of thioether (sulfide) groups is 1. The monoisotopic (exact) mass is 281 g/mol. The van der Waals surface area contributed by atoms with Crippen LogP contribution in [0.1, 0.15) is 13.3 Å². The molecule has 5 nitrogen and oxygen atoms in total. The molecule has 0 spiro atoms. The maximum Gasteiger partial charge on any atom is 0.193 e. The van der Waals surface area contributed by atoms with Crippen molar-refractivity contribution in [2.45, 2.75) is 25.1 Å². The summed E-state index contributed by atoms with van der Waals surface area (Å²) in [4.78, 5) is 10.8. The SMILES string of the molecule is CCC1CN(C(=NC)NCCn2ccnc2)CCS1. The van der Waals surface area contributed by atoms with Gasteiger partial charge in [0.25, 0.3) is 0 Å². The molecular weight excluding hydrogens is 258 g/mol. The van der Waals surface area contributed by atoms with Crippen molar-refractivity contribution in [3.8, 4) is 0 Å². The summed E-state index contributed by atoms with van der Waals surface area (Å²) in [7, 11) is 1.86. The van der Waals surface area contributed by atoms with Gasteiger partial charge in [0.2, 0.25) is 0 Å². The highest BCUT2D eigenvalue weighted by Gasteiger charge is 2.21. The summed E-state index contributed by atoms with van der Waals surface area (Å²) in [6.45, 7) is 6.25. The molecule has 1 aliphatic heterocycles. The lowest BCUT2D eigenvalue weighted by atomic mass is 10.3. The maximum absolute atomic E-state index is 4.40. The average molecular weight is 281 g/mol. The van der Waals surface area contributed by atoms with Crippen LogP contribution in [0.4, 0.5) is 0 Å². The fraction of sp³-hybridized carbons (Fsp3) is 0.692. The van der Waals surface area contributed by atoms with Crippen LogP contribution in [-0.4, -0.2) is 58.1 Å². The summed E-state index contributed by atoms with van der Waals surface area (Å²) in [5.74, 6) is 2.22. The normalized spacial score (nSPS) is 20.6. The number of nitrogens with zero attached hydrogens (tertiary/aromatic N) is 4. The van der Waals surface area contributed by atoms with Crippen LogP contribution in [0.25, 0.3) is 0 Å². The summed E-state index contributed by atoms with van der Waals surface area (Å²) in [6, 6.07) is 0. The molecule has 1 aromatic rings. The van der Waals surface area contributed by atoms with Gasteiger partial charge in [-0.2, -0.15) is 11.8 Å². The van der Waals surface area contributed by atoms with Crippen LogP contribution in [0.5, 0.6) is 0 Å². The van der Waals surface area contributed by atoms with Gasteiger partial charge in [-0.25, -0.2) is 4.98 Å². The molecule has 0 saturated carbocycles. The van der Waals surface area contributed by atoms with Gasteiger partial charge in [-0.15, -0.1) is 0 Å². The fourth-order valence-corrected chi connectivity index (χ4v) is 3.39. The molecule has 1 aromatic heterocycles. The fourth-order valence-electron chi connectivity index (χ4n) is 2.21. The van der Waals surface area contributed by atoms with Crippen molar-refractivity contribution < 1.29 is 0 Å². The number of hydrogen-bond acceptors (Lipinski definition) is 3. The van der Waals surface area contributed by atoms with Crippen molar-refractivity contribution in [2.75, 3.05) is 32.4 Å². The van der Waals surface area contributed by atoms with E-state index in [0.29, 0.717) is 0 Å². The van der Waals surface area contributed by atoms with Crippen molar-refractivity contribution in [2.24, 2.45) is 4.99 Å². The van der Waals surface area contributed by atoms with Gasteiger partial charge in [0.15, 0.2) is 5.96 Å². The van der Waals surface area contributed by atoms with Gasteiger partial charge in [-0.3, -0.25) is 4.99 Å². The number of guanidine groups is 1. The standard InChI is InChI=1S/C13H23N5S/c1-3-12-10-18(8-9-19-12)13(14-2)16-5-7-17-6-4-15-11-17/h4,6,11-12H,3,5,7-10H2,1-2H3,(H,14,16). The van der Waals surface area contributed by atoms with E-state index in [0.717, 1.165) is 37.4 Å². The third-order valence-corrected chi connectivity index (χ3v) is 4.69. The highest BCUT2D eigenvalue weighted by atomic mass is 32.2. The van der Waals surface area contributed by atoms with E-state index < -0.39 is 0 Å². The van der Waals surface area contributed by atoms with E-state index in [1.165, 1.54) is 12.2 Å². The Morgan fingerprint density at radius 3 is 3.16 bits per heavy atom. The minimum absolute atomic E-state index is 0.737. The first-order valence-electron chi connectivity index (χ1n) is 6.86. The minimum Gasteiger partial charge on any atom is -0.354 e. The maximum atomic E-state index is 4.40. The Morgan fingerprint density at radius 1 is 1.58 bits per heavy atom. The van der Waals surface area contributed by atoms with E-state index >= 15 is 0 Å².